The summed E-state index contributed by atoms with van der Waals surface area (Å²) in [5.41, 5.74) is 1.66. The summed E-state index contributed by atoms with van der Waals surface area (Å²) in [6.45, 7) is 1.90. The van der Waals surface area contributed by atoms with Crippen LogP contribution in [0.25, 0.3) is 0 Å². The molecule has 19 heavy (non-hydrogen) atoms. The lowest BCUT2D eigenvalue weighted by Crippen LogP contribution is -2.18. The molecule has 2 atom stereocenters. The van der Waals surface area contributed by atoms with Gasteiger partial charge in [0.2, 0.25) is 0 Å². The van der Waals surface area contributed by atoms with Crippen molar-refractivity contribution in [2.45, 2.75) is 18.8 Å². The van der Waals surface area contributed by atoms with E-state index < -0.39 is 11.9 Å². The third-order valence-electron chi connectivity index (χ3n) is 3.32. The maximum Gasteiger partial charge on any atom is 0.311 e. The monoisotopic (exact) mass is 274 g/mol. The number of benzene rings is 2. The molecule has 2 unspecified atom stereocenters. The second kappa shape index (κ2) is 5.89. The van der Waals surface area contributed by atoms with Gasteiger partial charge >= 0.3 is 5.97 Å². The topological polar surface area (TPSA) is 37.3 Å². The van der Waals surface area contributed by atoms with Gasteiger partial charge < -0.3 is 5.11 Å². The molecule has 0 bridgehead atoms. The fourth-order valence-corrected chi connectivity index (χ4v) is 2.64. The van der Waals surface area contributed by atoms with Gasteiger partial charge in [-0.2, -0.15) is 0 Å². The molecule has 0 heterocycles. The van der Waals surface area contributed by atoms with Crippen LogP contribution in [0.5, 0.6) is 0 Å². The van der Waals surface area contributed by atoms with Crippen molar-refractivity contribution in [2.75, 3.05) is 0 Å². The fraction of sp³-hybridized carbons (Fsp3) is 0.188. The van der Waals surface area contributed by atoms with Crippen LogP contribution in [0.4, 0.5) is 0 Å². The predicted octanol–water partition coefficient (Wildman–Crippen LogP) is 4.31. The molecule has 0 amide bonds. The Morgan fingerprint density at radius 1 is 1.05 bits per heavy atom. The molecule has 2 nitrogen and oxygen atoms in total. The minimum absolute atomic E-state index is 0.186. The lowest BCUT2D eigenvalue weighted by molar-refractivity contribution is -0.139. The maximum atomic E-state index is 11.6. The Morgan fingerprint density at radius 2 is 1.63 bits per heavy atom. The van der Waals surface area contributed by atoms with Crippen molar-refractivity contribution < 1.29 is 9.90 Å². The summed E-state index contributed by atoms with van der Waals surface area (Å²) < 4.78 is 0. The van der Waals surface area contributed by atoms with Crippen molar-refractivity contribution in [1.82, 2.24) is 0 Å². The van der Waals surface area contributed by atoms with E-state index >= 15 is 0 Å². The van der Waals surface area contributed by atoms with Gasteiger partial charge in [0.05, 0.1) is 5.92 Å². The molecule has 0 saturated heterocycles. The van der Waals surface area contributed by atoms with E-state index in [-0.39, 0.29) is 5.92 Å². The van der Waals surface area contributed by atoms with Crippen molar-refractivity contribution in [1.29, 1.82) is 0 Å². The molecule has 0 fully saturated rings. The number of aliphatic carboxylic acids is 1. The molecular weight excluding hydrogens is 260 g/mol. The first-order chi connectivity index (χ1) is 9.11. The Bertz CT molecular complexity index is 566. The van der Waals surface area contributed by atoms with Gasteiger partial charge in [0, 0.05) is 5.02 Å². The van der Waals surface area contributed by atoms with Gasteiger partial charge in [0.25, 0.3) is 0 Å². The van der Waals surface area contributed by atoms with Crippen LogP contribution in [0.1, 0.15) is 29.9 Å². The standard InChI is InChI=1S/C16H15ClO2/c1-11(13-9-5-6-10-14(13)17)15(16(18)19)12-7-3-2-4-8-12/h2-11,15H,1H3,(H,18,19). The largest absolute Gasteiger partial charge is 0.481 e. The van der Waals surface area contributed by atoms with E-state index in [1.54, 1.807) is 6.07 Å². The van der Waals surface area contributed by atoms with Gasteiger partial charge in [0.15, 0.2) is 0 Å². The number of halogens is 1. The van der Waals surface area contributed by atoms with Crippen LogP contribution in [0.15, 0.2) is 54.6 Å². The Balaban J connectivity index is 2.41. The Morgan fingerprint density at radius 3 is 2.21 bits per heavy atom. The lowest BCUT2D eigenvalue weighted by atomic mass is 9.83. The van der Waals surface area contributed by atoms with E-state index in [1.807, 2.05) is 55.5 Å². The predicted molar refractivity (Wildman–Crippen MR) is 76.7 cm³/mol. The van der Waals surface area contributed by atoms with Gasteiger partial charge in [-0.3, -0.25) is 4.79 Å². The highest BCUT2D eigenvalue weighted by molar-refractivity contribution is 6.31. The smallest absolute Gasteiger partial charge is 0.311 e. The number of carboxylic acid groups (broad SMARTS) is 1. The van der Waals surface area contributed by atoms with Crippen molar-refractivity contribution in [3.05, 3.63) is 70.7 Å². The van der Waals surface area contributed by atoms with Gasteiger partial charge in [0.1, 0.15) is 0 Å². The molecule has 0 aliphatic carbocycles. The van der Waals surface area contributed by atoms with Crippen LogP contribution in [0.3, 0.4) is 0 Å². The molecule has 0 aliphatic rings. The minimum atomic E-state index is -0.835. The van der Waals surface area contributed by atoms with Crippen molar-refractivity contribution in [3.8, 4) is 0 Å². The van der Waals surface area contributed by atoms with Gasteiger partial charge in [-0.05, 0) is 23.1 Å². The number of hydrogen-bond donors (Lipinski definition) is 1. The van der Waals surface area contributed by atoms with Gasteiger partial charge in [-0.15, -0.1) is 0 Å². The van der Waals surface area contributed by atoms with Gasteiger partial charge in [-0.25, -0.2) is 0 Å². The number of carbonyl (C=O) groups is 1. The molecule has 0 saturated carbocycles. The SMILES string of the molecule is CC(c1ccccc1Cl)C(C(=O)O)c1ccccc1. The van der Waals surface area contributed by atoms with Crippen LogP contribution in [0, 0.1) is 0 Å². The summed E-state index contributed by atoms with van der Waals surface area (Å²) in [7, 11) is 0. The van der Waals surface area contributed by atoms with Crippen LogP contribution >= 0.6 is 11.6 Å². The molecule has 2 rings (SSSR count). The second-order valence-corrected chi connectivity index (χ2v) is 4.94. The Kier molecular flexibility index (Phi) is 4.23. The lowest BCUT2D eigenvalue weighted by Gasteiger charge is -2.22. The molecule has 0 spiro atoms. The molecule has 0 aliphatic heterocycles. The first-order valence-corrected chi connectivity index (χ1v) is 6.51. The third kappa shape index (κ3) is 2.96. The normalized spacial score (nSPS) is 13.8. The molecule has 3 heteroatoms. The first kappa shape index (κ1) is 13.6. The van der Waals surface area contributed by atoms with E-state index in [0.29, 0.717) is 5.02 Å². The molecule has 2 aromatic rings. The summed E-state index contributed by atoms with van der Waals surface area (Å²) >= 11 is 6.16. The van der Waals surface area contributed by atoms with Crippen molar-refractivity contribution >= 4 is 17.6 Å². The quantitative estimate of drug-likeness (QED) is 0.902. The van der Waals surface area contributed by atoms with Crippen LogP contribution < -0.4 is 0 Å². The summed E-state index contributed by atoms with van der Waals surface area (Å²) in [5, 5.41) is 10.1. The van der Waals surface area contributed by atoms with Crippen LogP contribution in [0.2, 0.25) is 5.02 Å². The fourth-order valence-electron chi connectivity index (χ4n) is 2.33. The van der Waals surface area contributed by atoms with Crippen LogP contribution in [-0.4, -0.2) is 11.1 Å². The Hall–Kier alpha value is -1.80. The highest BCUT2D eigenvalue weighted by atomic mass is 35.5. The summed E-state index contributed by atoms with van der Waals surface area (Å²) in [6, 6.07) is 16.7. The van der Waals surface area contributed by atoms with E-state index in [1.165, 1.54) is 0 Å². The molecule has 2 aromatic carbocycles. The molecule has 0 aromatic heterocycles. The maximum absolute atomic E-state index is 11.6. The Labute approximate surface area is 117 Å². The number of hydrogen-bond acceptors (Lipinski definition) is 1. The number of carboxylic acids is 1. The summed E-state index contributed by atoms with van der Waals surface area (Å²) in [5.74, 6) is -1.62. The summed E-state index contributed by atoms with van der Waals surface area (Å²) in [4.78, 5) is 11.6. The van der Waals surface area contributed by atoms with Crippen molar-refractivity contribution in [2.24, 2.45) is 0 Å². The average Bonchev–Trinajstić information content (AvgIpc) is 2.40. The molecule has 1 N–H and O–H groups in total. The summed E-state index contributed by atoms with van der Waals surface area (Å²) in [6.07, 6.45) is 0. The zero-order valence-electron chi connectivity index (χ0n) is 10.6. The number of rotatable bonds is 4. The zero-order chi connectivity index (χ0) is 13.8. The molecular formula is C16H15ClO2. The zero-order valence-corrected chi connectivity index (χ0v) is 11.3. The first-order valence-electron chi connectivity index (χ1n) is 6.13. The molecule has 0 radical (unpaired) electrons. The van der Waals surface area contributed by atoms with Crippen molar-refractivity contribution in [3.63, 3.8) is 0 Å². The molecule has 98 valence electrons. The van der Waals surface area contributed by atoms with E-state index in [0.717, 1.165) is 11.1 Å². The van der Waals surface area contributed by atoms with E-state index in [2.05, 4.69) is 0 Å². The van der Waals surface area contributed by atoms with E-state index in [4.69, 9.17) is 11.6 Å². The minimum Gasteiger partial charge on any atom is -0.481 e. The van der Waals surface area contributed by atoms with Crippen LogP contribution in [-0.2, 0) is 4.79 Å². The third-order valence-corrected chi connectivity index (χ3v) is 3.66. The van der Waals surface area contributed by atoms with Gasteiger partial charge in [-0.1, -0.05) is 67.1 Å². The second-order valence-electron chi connectivity index (χ2n) is 4.54. The van der Waals surface area contributed by atoms with E-state index in [9.17, 15) is 9.90 Å². The highest BCUT2D eigenvalue weighted by Crippen LogP contribution is 2.36. The highest BCUT2D eigenvalue weighted by Gasteiger charge is 2.28. The average molecular weight is 275 g/mol.